The van der Waals surface area contributed by atoms with Gasteiger partial charge in [-0.25, -0.2) is 13.2 Å². The Balaban J connectivity index is 1.82. The molecule has 10 nitrogen and oxygen atoms in total. The summed E-state index contributed by atoms with van der Waals surface area (Å²) in [6.45, 7) is 3.42. The molecule has 11 heteroatoms. The minimum Gasteiger partial charge on any atom is -0.494 e. The number of benzene rings is 2. The summed E-state index contributed by atoms with van der Waals surface area (Å²) in [7, 11) is -2.09. The maximum Gasteiger partial charge on any atom is 0.354 e. The Labute approximate surface area is 192 Å². The second-order valence-corrected chi connectivity index (χ2v) is 9.09. The number of rotatable bonds is 9. The lowest BCUT2D eigenvalue weighted by Crippen LogP contribution is -2.38. The lowest BCUT2D eigenvalue weighted by Gasteiger charge is -2.23. The van der Waals surface area contributed by atoms with Crippen LogP contribution in [0.15, 0.2) is 53.6 Å². The van der Waals surface area contributed by atoms with Crippen molar-refractivity contribution in [3.8, 4) is 5.75 Å². The van der Waals surface area contributed by atoms with E-state index in [1.54, 1.807) is 25.1 Å². The van der Waals surface area contributed by atoms with Gasteiger partial charge >= 0.3 is 5.97 Å². The molecule has 3 rings (SSSR count). The maximum atomic E-state index is 13.2. The lowest BCUT2D eigenvalue weighted by atomic mass is 10.1. The minimum atomic E-state index is -3.49. The molecule has 0 aromatic heterocycles. The zero-order chi connectivity index (χ0) is 24.0. The number of amides is 1. The molecule has 1 atom stereocenters. The standard InChI is InChI=1S/C22H26N4O6S/c1-4-32-22(28)18-14-19(26(24-18)16-9-7-6-8-10-16)21(27)23-15-11-12-17(20(13-15)31-3)25-33(29,30)5-2/h6-13,19,25H,4-5,14H2,1-3H3,(H,23,27). The molecule has 2 aromatic carbocycles. The molecule has 33 heavy (non-hydrogen) atoms. The van der Waals surface area contributed by atoms with E-state index in [0.717, 1.165) is 0 Å². The zero-order valence-electron chi connectivity index (χ0n) is 18.6. The van der Waals surface area contributed by atoms with Crippen molar-refractivity contribution >= 4 is 44.7 Å². The predicted molar refractivity (Wildman–Crippen MR) is 126 cm³/mol. The van der Waals surface area contributed by atoms with E-state index in [0.29, 0.717) is 11.4 Å². The maximum absolute atomic E-state index is 13.2. The highest BCUT2D eigenvalue weighted by Gasteiger charge is 2.37. The van der Waals surface area contributed by atoms with Crippen LogP contribution in [0.4, 0.5) is 17.1 Å². The molecule has 0 fully saturated rings. The molecule has 0 saturated heterocycles. The van der Waals surface area contributed by atoms with Gasteiger partial charge in [0, 0.05) is 18.2 Å². The number of hydrogen-bond acceptors (Lipinski definition) is 8. The fourth-order valence-corrected chi connectivity index (χ4v) is 3.84. The summed E-state index contributed by atoms with van der Waals surface area (Å²) >= 11 is 0. The van der Waals surface area contributed by atoms with E-state index in [1.165, 1.54) is 31.2 Å². The Morgan fingerprint density at radius 1 is 1.15 bits per heavy atom. The Kier molecular flexibility index (Phi) is 7.54. The molecule has 0 spiro atoms. The SMILES string of the molecule is CCOC(=O)C1=NN(c2ccccc2)C(C(=O)Nc2ccc(NS(=O)(=O)CC)c(OC)c2)C1. The summed E-state index contributed by atoms with van der Waals surface area (Å²) in [6.07, 6.45) is 0.0745. The van der Waals surface area contributed by atoms with Gasteiger partial charge in [-0.3, -0.25) is 14.5 Å². The van der Waals surface area contributed by atoms with Crippen LogP contribution in [0.2, 0.25) is 0 Å². The molecule has 1 aliphatic rings. The molecule has 0 radical (unpaired) electrons. The van der Waals surface area contributed by atoms with Gasteiger partial charge in [-0.15, -0.1) is 0 Å². The molecular weight excluding hydrogens is 448 g/mol. The van der Waals surface area contributed by atoms with Crippen molar-refractivity contribution in [2.45, 2.75) is 26.3 Å². The molecule has 176 valence electrons. The summed E-state index contributed by atoms with van der Waals surface area (Å²) in [5.74, 6) is -0.803. The molecule has 1 aliphatic heterocycles. The number of nitrogens with one attached hydrogen (secondary N) is 2. The average molecular weight is 475 g/mol. The van der Waals surface area contributed by atoms with Crippen molar-refractivity contribution in [2.24, 2.45) is 5.10 Å². The quantitative estimate of drug-likeness (QED) is 0.535. The Morgan fingerprint density at radius 3 is 2.52 bits per heavy atom. The molecule has 0 aliphatic carbocycles. The van der Waals surface area contributed by atoms with E-state index in [1.807, 2.05) is 18.2 Å². The molecule has 2 aromatic rings. The van der Waals surface area contributed by atoms with Crippen LogP contribution in [0.5, 0.6) is 5.75 Å². The van der Waals surface area contributed by atoms with E-state index in [4.69, 9.17) is 9.47 Å². The first-order valence-electron chi connectivity index (χ1n) is 10.4. The van der Waals surface area contributed by atoms with Gasteiger partial charge in [-0.2, -0.15) is 5.10 Å². The van der Waals surface area contributed by atoms with Crippen molar-refractivity contribution in [2.75, 3.05) is 34.5 Å². The van der Waals surface area contributed by atoms with E-state index in [-0.39, 0.29) is 35.9 Å². The van der Waals surface area contributed by atoms with Crippen LogP contribution in [0.25, 0.3) is 0 Å². The number of nitrogens with zero attached hydrogens (tertiary/aromatic N) is 2. The minimum absolute atomic E-state index is 0.0745. The number of hydrogen-bond donors (Lipinski definition) is 2. The summed E-state index contributed by atoms with van der Waals surface area (Å²) in [5.41, 5.74) is 1.47. The van der Waals surface area contributed by atoms with E-state index in [2.05, 4.69) is 15.1 Å². The van der Waals surface area contributed by atoms with Gasteiger partial charge in [-0.1, -0.05) is 18.2 Å². The van der Waals surface area contributed by atoms with Crippen molar-refractivity contribution < 1.29 is 27.5 Å². The summed E-state index contributed by atoms with van der Waals surface area (Å²) < 4.78 is 36.5. The Morgan fingerprint density at radius 2 is 1.88 bits per heavy atom. The first-order valence-corrected chi connectivity index (χ1v) is 12.0. The number of hydrazone groups is 1. The zero-order valence-corrected chi connectivity index (χ0v) is 19.4. The third-order valence-corrected chi connectivity index (χ3v) is 6.15. The fraction of sp³-hybridized carbons (Fsp3) is 0.318. The number of ether oxygens (including phenoxy) is 2. The highest BCUT2D eigenvalue weighted by molar-refractivity contribution is 7.92. The van der Waals surface area contributed by atoms with Crippen LogP contribution < -0.4 is 19.8 Å². The third kappa shape index (κ3) is 5.80. The highest BCUT2D eigenvalue weighted by Crippen LogP contribution is 2.30. The average Bonchev–Trinajstić information content (AvgIpc) is 3.26. The van der Waals surface area contributed by atoms with Gasteiger partial charge in [-0.05, 0) is 38.1 Å². The van der Waals surface area contributed by atoms with Crippen molar-refractivity contribution in [1.29, 1.82) is 0 Å². The van der Waals surface area contributed by atoms with Crippen LogP contribution in [0.1, 0.15) is 20.3 Å². The number of para-hydroxylation sites is 1. The van der Waals surface area contributed by atoms with Crippen molar-refractivity contribution in [3.05, 3.63) is 48.5 Å². The van der Waals surface area contributed by atoms with Crippen molar-refractivity contribution in [1.82, 2.24) is 0 Å². The number of methoxy groups -OCH3 is 1. The molecular formula is C22H26N4O6S. The first kappa shape index (κ1) is 24.1. The van der Waals surface area contributed by atoms with Crippen LogP contribution in [0, 0.1) is 0 Å². The molecule has 1 heterocycles. The molecule has 0 saturated carbocycles. The lowest BCUT2D eigenvalue weighted by molar-refractivity contribution is -0.135. The Hall–Kier alpha value is -3.60. The van der Waals surface area contributed by atoms with Gasteiger partial charge in [0.2, 0.25) is 15.9 Å². The fourth-order valence-electron chi connectivity index (χ4n) is 3.19. The Bertz CT molecular complexity index is 1150. The number of carbonyl (C=O) groups excluding carboxylic acids is 2. The second kappa shape index (κ2) is 10.3. The second-order valence-electron chi connectivity index (χ2n) is 7.08. The van der Waals surface area contributed by atoms with Crippen LogP contribution in [-0.2, 0) is 24.3 Å². The normalized spacial score (nSPS) is 15.5. The van der Waals surface area contributed by atoms with Gasteiger partial charge < -0.3 is 14.8 Å². The topological polar surface area (TPSA) is 126 Å². The third-order valence-electron chi connectivity index (χ3n) is 4.86. The molecule has 2 N–H and O–H groups in total. The number of esters is 1. The molecule has 1 amide bonds. The number of sulfonamides is 1. The smallest absolute Gasteiger partial charge is 0.354 e. The summed E-state index contributed by atoms with van der Waals surface area (Å²) in [5, 5.41) is 8.61. The first-order chi connectivity index (χ1) is 15.8. The van der Waals surface area contributed by atoms with Crippen LogP contribution in [-0.4, -0.2) is 51.5 Å². The van der Waals surface area contributed by atoms with Gasteiger partial charge in [0.25, 0.3) is 0 Å². The van der Waals surface area contributed by atoms with Gasteiger partial charge in [0.15, 0.2) is 0 Å². The summed E-state index contributed by atoms with van der Waals surface area (Å²) in [6, 6.07) is 12.8. The van der Waals surface area contributed by atoms with E-state index in [9.17, 15) is 18.0 Å². The molecule has 1 unspecified atom stereocenters. The summed E-state index contributed by atoms with van der Waals surface area (Å²) in [4.78, 5) is 25.4. The van der Waals surface area contributed by atoms with Crippen LogP contribution >= 0.6 is 0 Å². The highest BCUT2D eigenvalue weighted by atomic mass is 32.2. The molecule has 0 bridgehead atoms. The van der Waals surface area contributed by atoms with Crippen LogP contribution in [0.3, 0.4) is 0 Å². The van der Waals surface area contributed by atoms with E-state index < -0.39 is 27.9 Å². The largest absolute Gasteiger partial charge is 0.494 e. The number of anilines is 3. The number of carbonyl (C=O) groups is 2. The van der Waals surface area contributed by atoms with Gasteiger partial charge in [0.1, 0.15) is 17.5 Å². The monoisotopic (exact) mass is 474 g/mol. The van der Waals surface area contributed by atoms with Gasteiger partial charge in [0.05, 0.1) is 30.8 Å². The van der Waals surface area contributed by atoms with E-state index >= 15 is 0 Å². The van der Waals surface area contributed by atoms with Crippen molar-refractivity contribution in [3.63, 3.8) is 0 Å². The predicted octanol–water partition coefficient (Wildman–Crippen LogP) is 2.59.